The Bertz CT molecular complexity index is 833. The Morgan fingerprint density at radius 1 is 1.20 bits per heavy atom. The van der Waals surface area contributed by atoms with Crippen LogP contribution in [0, 0.1) is 22.7 Å². The number of carbonyl (C=O) groups excluding carboxylic acids is 3. The van der Waals surface area contributed by atoms with Crippen LogP contribution in [0.4, 0.5) is 4.39 Å². The van der Waals surface area contributed by atoms with Crippen molar-refractivity contribution in [3.8, 4) is 0 Å². The molecule has 0 spiro atoms. The summed E-state index contributed by atoms with van der Waals surface area (Å²) in [5.41, 5.74) is -4.95. The number of ether oxygens (including phenoxy) is 1. The third-order valence-electron chi connectivity index (χ3n) is 8.96. The first kappa shape index (κ1) is 21.8. The van der Waals surface area contributed by atoms with Gasteiger partial charge in [-0.1, -0.05) is 19.4 Å². The number of allylic oxidation sites excluding steroid dienone is 1. The van der Waals surface area contributed by atoms with Gasteiger partial charge in [0.25, 0.3) is 0 Å². The van der Waals surface area contributed by atoms with Crippen LogP contribution in [0.25, 0.3) is 0 Å². The Morgan fingerprint density at radius 2 is 1.90 bits per heavy atom. The molecule has 4 aliphatic rings. The molecule has 166 valence electrons. The normalized spacial score (nSPS) is 45.6. The molecule has 0 radical (unpaired) electrons. The van der Waals surface area contributed by atoms with Gasteiger partial charge in [-0.05, 0) is 57.9 Å². The molecular weight excluding hydrogens is 387 g/mol. The van der Waals surface area contributed by atoms with Crippen molar-refractivity contribution >= 4 is 17.3 Å². The highest BCUT2D eigenvalue weighted by molar-refractivity contribution is 5.97. The molecule has 6 heteroatoms. The van der Waals surface area contributed by atoms with Gasteiger partial charge in [-0.25, -0.2) is 4.39 Å². The van der Waals surface area contributed by atoms with Crippen LogP contribution in [0.15, 0.2) is 11.6 Å². The minimum absolute atomic E-state index is 0.00334. The van der Waals surface area contributed by atoms with Crippen molar-refractivity contribution in [1.29, 1.82) is 0 Å². The van der Waals surface area contributed by atoms with Crippen molar-refractivity contribution in [3.63, 3.8) is 0 Å². The smallest absolute Gasteiger partial charge is 0.190 e. The zero-order chi connectivity index (χ0) is 22.1. The largest absolute Gasteiger partial charge is 0.381 e. The van der Waals surface area contributed by atoms with Crippen molar-refractivity contribution in [2.75, 3.05) is 6.61 Å². The van der Waals surface area contributed by atoms with Crippen molar-refractivity contribution in [3.05, 3.63) is 11.6 Å². The van der Waals surface area contributed by atoms with Gasteiger partial charge < -0.3 is 9.84 Å². The highest BCUT2D eigenvalue weighted by Crippen LogP contribution is 2.69. The summed E-state index contributed by atoms with van der Waals surface area (Å²) in [5.74, 6) is -1.74. The van der Waals surface area contributed by atoms with Gasteiger partial charge in [0.05, 0.1) is 6.10 Å². The van der Waals surface area contributed by atoms with Gasteiger partial charge in [0.15, 0.2) is 23.0 Å². The van der Waals surface area contributed by atoms with Gasteiger partial charge in [-0.2, -0.15) is 0 Å². The molecule has 0 aromatic heterocycles. The standard InChI is InChI=1S/C24H33FO5/c1-14(2)30-13-20(28)23(29)10-8-17-18-6-5-15-11-16(26)7-9-21(15,3)24(18,25)19(27)12-22(17,23)4/h11,14,17-18,29H,5-10,12-13H2,1-4H3/t17-,18-,21-,22-,23-,24-/m0/s1. The zero-order valence-corrected chi connectivity index (χ0v) is 18.4. The highest BCUT2D eigenvalue weighted by atomic mass is 19.1. The number of rotatable bonds is 4. The second kappa shape index (κ2) is 6.80. The summed E-state index contributed by atoms with van der Waals surface area (Å²) in [4.78, 5) is 38.4. The maximum absolute atomic E-state index is 16.9. The van der Waals surface area contributed by atoms with Crippen LogP contribution in [0.2, 0.25) is 0 Å². The number of aliphatic hydroxyl groups is 1. The fraction of sp³-hybridized carbons (Fsp3) is 0.792. The third-order valence-corrected chi connectivity index (χ3v) is 8.96. The van der Waals surface area contributed by atoms with Gasteiger partial charge in [0, 0.05) is 29.6 Å². The van der Waals surface area contributed by atoms with Crippen molar-refractivity contribution in [2.24, 2.45) is 22.7 Å². The molecular formula is C24H33FO5. The molecule has 4 rings (SSSR count). The minimum atomic E-state index is -2.05. The van der Waals surface area contributed by atoms with Crippen LogP contribution in [0.3, 0.4) is 0 Å². The summed E-state index contributed by atoms with van der Waals surface area (Å²) in [7, 11) is 0. The number of hydrogen-bond acceptors (Lipinski definition) is 5. The van der Waals surface area contributed by atoms with E-state index in [1.165, 1.54) is 0 Å². The molecule has 3 saturated carbocycles. The maximum atomic E-state index is 16.9. The van der Waals surface area contributed by atoms with Gasteiger partial charge >= 0.3 is 0 Å². The summed E-state index contributed by atoms with van der Waals surface area (Å²) in [5, 5.41) is 11.5. The van der Waals surface area contributed by atoms with E-state index in [4.69, 9.17) is 4.74 Å². The first-order valence-electron chi connectivity index (χ1n) is 11.2. The zero-order valence-electron chi connectivity index (χ0n) is 18.4. The molecule has 0 heterocycles. The topological polar surface area (TPSA) is 80.7 Å². The van der Waals surface area contributed by atoms with E-state index in [2.05, 4.69) is 0 Å². The summed E-state index contributed by atoms with van der Waals surface area (Å²) in [6.45, 7) is 7.01. The monoisotopic (exact) mass is 420 g/mol. The Kier molecular flexibility index (Phi) is 4.94. The summed E-state index contributed by atoms with van der Waals surface area (Å²) in [6.07, 6.45) is 3.63. The number of halogens is 1. The predicted molar refractivity (Wildman–Crippen MR) is 108 cm³/mol. The minimum Gasteiger partial charge on any atom is -0.381 e. The molecule has 0 saturated heterocycles. The van der Waals surface area contributed by atoms with E-state index in [1.54, 1.807) is 19.9 Å². The molecule has 0 bridgehead atoms. The average molecular weight is 421 g/mol. The lowest BCUT2D eigenvalue weighted by Gasteiger charge is -2.60. The number of fused-ring (bicyclic) bond motifs is 5. The molecule has 0 amide bonds. The van der Waals surface area contributed by atoms with Crippen LogP contribution in [0.5, 0.6) is 0 Å². The van der Waals surface area contributed by atoms with Gasteiger partial charge in [0.2, 0.25) is 0 Å². The lowest BCUT2D eigenvalue weighted by Crippen LogP contribution is -2.68. The summed E-state index contributed by atoms with van der Waals surface area (Å²) >= 11 is 0. The SMILES string of the molecule is CC(C)OCC(=O)[C@@]1(O)CC[C@H]2[C@@H]3CCC4=CC(=O)CC[C@]4(C)[C@@]3(F)C(=O)C[C@@]21C. The van der Waals surface area contributed by atoms with E-state index in [0.717, 1.165) is 5.57 Å². The van der Waals surface area contributed by atoms with Crippen molar-refractivity contribution in [2.45, 2.75) is 90.0 Å². The fourth-order valence-electron chi connectivity index (χ4n) is 7.11. The van der Waals surface area contributed by atoms with Crippen molar-refractivity contribution in [1.82, 2.24) is 0 Å². The molecule has 0 aromatic rings. The number of Topliss-reactive ketones (excluding diaryl/α,β-unsaturated/α-hetero) is 2. The van der Waals surface area contributed by atoms with Crippen LogP contribution >= 0.6 is 0 Å². The van der Waals surface area contributed by atoms with Gasteiger partial charge in [-0.3, -0.25) is 14.4 Å². The Hall–Kier alpha value is -1.40. The van der Waals surface area contributed by atoms with E-state index in [9.17, 15) is 19.5 Å². The first-order chi connectivity index (χ1) is 13.9. The molecule has 0 aliphatic heterocycles. The van der Waals surface area contributed by atoms with E-state index in [0.29, 0.717) is 25.7 Å². The van der Waals surface area contributed by atoms with E-state index in [-0.39, 0.29) is 43.7 Å². The number of ketones is 3. The number of alkyl halides is 1. The van der Waals surface area contributed by atoms with E-state index in [1.807, 2.05) is 13.8 Å². The third kappa shape index (κ3) is 2.62. The van der Waals surface area contributed by atoms with Gasteiger partial charge in [0.1, 0.15) is 12.2 Å². The molecule has 0 unspecified atom stereocenters. The fourth-order valence-corrected chi connectivity index (χ4v) is 7.11. The van der Waals surface area contributed by atoms with Crippen LogP contribution in [-0.4, -0.2) is 46.4 Å². The lowest BCUT2D eigenvalue weighted by atomic mass is 9.44. The van der Waals surface area contributed by atoms with Crippen molar-refractivity contribution < 1.29 is 28.6 Å². The van der Waals surface area contributed by atoms with Crippen LogP contribution in [0.1, 0.15) is 72.6 Å². The maximum Gasteiger partial charge on any atom is 0.190 e. The van der Waals surface area contributed by atoms with E-state index < -0.39 is 39.6 Å². The highest BCUT2D eigenvalue weighted by Gasteiger charge is 2.74. The predicted octanol–water partition coefficient (Wildman–Crippen LogP) is 3.51. The average Bonchev–Trinajstić information content (AvgIpc) is 2.94. The second-order valence-corrected chi connectivity index (χ2v) is 10.6. The van der Waals surface area contributed by atoms with Crippen LogP contribution in [-0.2, 0) is 19.1 Å². The summed E-state index contributed by atoms with van der Waals surface area (Å²) in [6, 6.07) is 0. The second-order valence-electron chi connectivity index (χ2n) is 10.6. The molecule has 30 heavy (non-hydrogen) atoms. The molecule has 1 N–H and O–H groups in total. The quantitative estimate of drug-likeness (QED) is 0.753. The lowest BCUT2D eigenvalue weighted by molar-refractivity contribution is -0.190. The van der Waals surface area contributed by atoms with Gasteiger partial charge in [-0.15, -0.1) is 0 Å². The summed E-state index contributed by atoms with van der Waals surface area (Å²) < 4.78 is 22.3. The Labute approximate surface area is 177 Å². The first-order valence-corrected chi connectivity index (χ1v) is 11.2. The molecule has 5 nitrogen and oxygen atoms in total. The number of carbonyl (C=O) groups is 3. The number of hydrogen-bond donors (Lipinski definition) is 1. The molecule has 6 atom stereocenters. The Balaban J connectivity index is 1.71. The molecule has 4 aliphatic carbocycles. The Morgan fingerprint density at radius 3 is 2.57 bits per heavy atom. The molecule has 3 fully saturated rings. The van der Waals surface area contributed by atoms with Crippen LogP contribution < -0.4 is 0 Å². The molecule has 0 aromatic carbocycles. The van der Waals surface area contributed by atoms with E-state index >= 15 is 4.39 Å².